The van der Waals surface area contributed by atoms with E-state index in [0.717, 1.165) is 25.1 Å². The van der Waals surface area contributed by atoms with E-state index in [0.29, 0.717) is 11.2 Å². The molecule has 0 aliphatic heterocycles. The highest BCUT2D eigenvalue weighted by Gasteiger charge is 2.09. The highest BCUT2D eigenvalue weighted by molar-refractivity contribution is 5.35. The molecular formula is C14H23NO. The number of nitrogens with one attached hydrogen (secondary N) is 1. The van der Waals surface area contributed by atoms with Gasteiger partial charge in [-0.1, -0.05) is 38.5 Å². The molecule has 2 heteroatoms. The van der Waals surface area contributed by atoms with Crippen LogP contribution in [-0.2, 0) is 6.54 Å². The lowest BCUT2D eigenvalue weighted by Crippen LogP contribution is -2.20. The zero-order chi connectivity index (χ0) is 12.2. The summed E-state index contributed by atoms with van der Waals surface area (Å²) in [5.74, 6) is 0.383. The average Bonchev–Trinajstić information content (AvgIpc) is 2.16. The van der Waals surface area contributed by atoms with Crippen LogP contribution in [0.3, 0.4) is 0 Å². The summed E-state index contributed by atoms with van der Waals surface area (Å²) >= 11 is 0. The van der Waals surface area contributed by atoms with Crippen LogP contribution in [0, 0.1) is 12.3 Å². The predicted octanol–water partition coefficient (Wildman–Crippen LogP) is 3.23. The second-order valence-corrected chi connectivity index (χ2v) is 5.62. The molecule has 0 atom stereocenters. The minimum atomic E-state index is 0.363. The molecule has 0 aliphatic rings. The molecule has 0 fully saturated rings. The molecule has 16 heavy (non-hydrogen) atoms. The van der Waals surface area contributed by atoms with Crippen LogP contribution in [0.2, 0.25) is 0 Å². The number of aromatic hydroxyl groups is 1. The fourth-order valence-corrected chi connectivity index (χ4v) is 1.54. The lowest BCUT2D eigenvalue weighted by molar-refractivity contribution is 0.365. The number of benzene rings is 1. The highest BCUT2D eigenvalue weighted by atomic mass is 16.3. The van der Waals surface area contributed by atoms with Crippen molar-refractivity contribution in [1.29, 1.82) is 0 Å². The van der Waals surface area contributed by atoms with Gasteiger partial charge in [0.15, 0.2) is 0 Å². The van der Waals surface area contributed by atoms with Gasteiger partial charge in [-0.05, 0) is 31.4 Å². The highest BCUT2D eigenvalue weighted by Crippen LogP contribution is 2.19. The van der Waals surface area contributed by atoms with Crippen LogP contribution in [-0.4, -0.2) is 11.7 Å². The Morgan fingerprint density at radius 1 is 1.25 bits per heavy atom. The lowest BCUT2D eigenvalue weighted by Gasteiger charge is -2.18. The summed E-state index contributed by atoms with van der Waals surface area (Å²) in [6.45, 7) is 10.5. The number of hydrogen-bond acceptors (Lipinski definition) is 2. The van der Waals surface area contributed by atoms with Crippen molar-refractivity contribution in [3.05, 3.63) is 29.3 Å². The number of phenolic OH excluding ortho intramolecular Hbond substituents is 1. The van der Waals surface area contributed by atoms with E-state index >= 15 is 0 Å². The fraction of sp³-hybridized carbons (Fsp3) is 0.571. The molecule has 0 radical (unpaired) electrons. The Morgan fingerprint density at radius 3 is 2.56 bits per heavy atom. The Bertz CT molecular complexity index is 339. The third-order valence-electron chi connectivity index (χ3n) is 2.60. The minimum Gasteiger partial charge on any atom is -0.508 e. The Balaban J connectivity index is 2.40. The smallest absolute Gasteiger partial charge is 0.120 e. The predicted molar refractivity (Wildman–Crippen MR) is 68.6 cm³/mol. The van der Waals surface area contributed by atoms with Gasteiger partial charge in [-0.3, -0.25) is 0 Å². The van der Waals surface area contributed by atoms with Crippen LogP contribution < -0.4 is 5.32 Å². The minimum absolute atomic E-state index is 0.363. The van der Waals surface area contributed by atoms with Crippen molar-refractivity contribution in [2.45, 2.75) is 40.7 Å². The van der Waals surface area contributed by atoms with Crippen molar-refractivity contribution in [3.8, 4) is 5.75 Å². The lowest BCUT2D eigenvalue weighted by atomic mass is 9.92. The zero-order valence-corrected chi connectivity index (χ0v) is 10.8. The van der Waals surface area contributed by atoms with E-state index in [1.165, 1.54) is 5.56 Å². The van der Waals surface area contributed by atoms with Gasteiger partial charge < -0.3 is 10.4 Å². The molecule has 2 N–H and O–H groups in total. The Labute approximate surface area is 98.7 Å². The van der Waals surface area contributed by atoms with Crippen LogP contribution in [0.5, 0.6) is 5.75 Å². The molecule has 1 rings (SSSR count). The van der Waals surface area contributed by atoms with E-state index < -0.39 is 0 Å². The summed E-state index contributed by atoms with van der Waals surface area (Å²) in [6, 6.07) is 5.71. The molecule has 0 heterocycles. The van der Waals surface area contributed by atoms with Crippen molar-refractivity contribution in [2.75, 3.05) is 6.54 Å². The summed E-state index contributed by atoms with van der Waals surface area (Å²) in [5, 5.41) is 13.0. The van der Waals surface area contributed by atoms with Crippen LogP contribution in [0.4, 0.5) is 0 Å². The van der Waals surface area contributed by atoms with Crippen LogP contribution >= 0.6 is 0 Å². The third kappa shape index (κ3) is 4.67. The summed E-state index contributed by atoms with van der Waals surface area (Å²) in [5.41, 5.74) is 2.53. The van der Waals surface area contributed by atoms with Gasteiger partial charge in [-0.2, -0.15) is 0 Å². The van der Waals surface area contributed by atoms with Gasteiger partial charge in [0, 0.05) is 12.1 Å². The summed E-state index contributed by atoms with van der Waals surface area (Å²) in [7, 11) is 0. The molecule has 0 saturated heterocycles. The number of aryl methyl sites for hydroxylation is 1. The van der Waals surface area contributed by atoms with E-state index in [-0.39, 0.29) is 0 Å². The van der Waals surface area contributed by atoms with Crippen molar-refractivity contribution >= 4 is 0 Å². The van der Waals surface area contributed by atoms with Crippen molar-refractivity contribution in [3.63, 3.8) is 0 Å². The average molecular weight is 221 g/mol. The fourth-order valence-electron chi connectivity index (χ4n) is 1.54. The topological polar surface area (TPSA) is 32.3 Å². The van der Waals surface area contributed by atoms with Crippen molar-refractivity contribution in [2.24, 2.45) is 5.41 Å². The maximum atomic E-state index is 9.65. The van der Waals surface area contributed by atoms with E-state index in [1.807, 2.05) is 19.1 Å². The number of rotatable bonds is 4. The molecule has 0 aromatic heterocycles. The molecule has 0 unspecified atom stereocenters. The molecule has 0 bridgehead atoms. The van der Waals surface area contributed by atoms with Crippen molar-refractivity contribution in [1.82, 2.24) is 5.32 Å². The first kappa shape index (κ1) is 13.0. The molecule has 1 aromatic rings. The van der Waals surface area contributed by atoms with Gasteiger partial charge in [0.2, 0.25) is 0 Å². The van der Waals surface area contributed by atoms with Crippen LogP contribution in [0.25, 0.3) is 0 Å². The molecule has 0 saturated carbocycles. The first-order chi connectivity index (χ1) is 7.38. The molecular weight excluding hydrogens is 198 g/mol. The van der Waals surface area contributed by atoms with E-state index in [9.17, 15) is 5.11 Å². The first-order valence-corrected chi connectivity index (χ1v) is 5.88. The standard InChI is InChI=1S/C14H23NO/c1-11-5-6-13(16)12(9-11)10-15-8-7-14(2,3)4/h5-6,9,15-16H,7-8,10H2,1-4H3. The number of phenols is 1. The first-order valence-electron chi connectivity index (χ1n) is 5.88. The second kappa shape index (κ2) is 5.35. The maximum Gasteiger partial charge on any atom is 0.120 e. The van der Waals surface area contributed by atoms with Gasteiger partial charge in [0.05, 0.1) is 0 Å². The molecule has 90 valence electrons. The van der Waals surface area contributed by atoms with Crippen molar-refractivity contribution < 1.29 is 5.11 Å². The van der Waals surface area contributed by atoms with Crippen LogP contribution in [0.15, 0.2) is 18.2 Å². The Kier molecular flexibility index (Phi) is 4.36. The molecule has 2 nitrogen and oxygen atoms in total. The normalized spacial score (nSPS) is 11.8. The summed E-state index contributed by atoms with van der Waals surface area (Å²) in [6.07, 6.45) is 1.14. The molecule has 0 spiro atoms. The monoisotopic (exact) mass is 221 g/mol. The molecule has 1 aromatic carbocycles. The van der Waals surface area contributed by atoms with E-state index in [2.05, 4.69) is 26.1 Å². The largest absolute Gasteiger partial charge is 0.508 e. The maximum absolute atomic E-state index is 9.65. The van der Waals surface area contributed by atoms with Gasteiger partial charge in [0.25, 0.3) is 0 Å². The van der Waals surface area contributed by atoms with Gasteiger partial charge in [-0.25, -0.2) is 0 Å². The zero-order valence-electron chi connectivity index (χ0n) is 10.8. The quantitative estimate of drug-likeness (QED) is 0.765. The van der Waals surface area contributed by atoms with Gasteiger partial charge >= 0.3 is 0 Å². The molecule has 0 aliphatic carbocycles. The molecule has 0 amide bonds. The van der Waals surface area contributed by atoms with E-state index in [4.69, 9.17) is 0 Å². The number of hydrogen-bond donors (Lipinski definition) is 2. The van der Waals surface area contributed by atoms with Gasteiger partial charge in [-0.15, -0.1) is 0 Å². The van der Waals surface area contributed by atoms with Gasteiger partial charge in [0.1, 0.15) is 5.75 Å². The SMILES string of the molecule is Cc1ccc(O)c(CNCCC(C)(C)C)c1. The van der Waals surface area contributed by atoms with Crippen LogP contribution in [0.1, 0.15) is 38.3 Å². The Morgan fingerprint density at radius 2 is 1.94 bits per heavy atom. The second-order valence-electron chi connectivity index (χ2n) is 5.62. The summed E-state index contributed by atoms with van der Waals surface area (Å²) < 4.78 is 0. The summed E-state index contributed by atoms with van der Waals surface area (Å²) in [4.78, 5) is 0. The van der Waals surface area contributed by atoms with E-state index in [1.54, 1.807) is 6.07 Å². The third-order valence-corrected chi connectivity index (χ3v) is 2.60. The Hall–Kier alpha value is -1.02.